The van der Waals surface area contributed by atoms with Crippen molar-refractivity contribution in [2.75, 3.05) is 0 Å². The highest BCUT2D eigenvalue weighted by Gasteiger charge is 2.28. The van der Waals surface area contributed by atoms with Crippen molar-refractivity contribution in [2.24, 2.45) is 5.73 Å². The Hall–Kier alpha value is -1.89. The Morgan fingerprint density at radius 3 is 2.53 bits per heavy atom. The molecule has 0 spiro atoms. The van der Waals surface area contributed by atoms with Crippen molar-refractivity contribution < 1.29 is 17.6 Å². The van der Waals surface area contributed by atoms with Crippen molar-refractivity contribution in [2.45, 2.75) is 19.3 Å². The van der Waals surface area contributed by atoms with E-state index in [-0.39, 0.29) is 6.54 Å². The van der Waals surface area contributed by atoms with E-state index < -0.39 is 18.5 Å². The first kappa shape index (κ1) is 13.5. The molecule has 0 amide bonds. The van der Waals surface area contributed by atoms with Gasteiger partial charge >= 0.3 is 6.18 Å². The summed E-state index contributed by atoms with van der Waals surface area (Å²) in [5.74, 6) is -0.485. The van der Waals surface area contributed by atoms with Gasteiger partial charge in [0.1, 0.15) is 12.4 Å². The van der Waals surface area contributed by atoms with Crippen LogP contribution in [0.2, 0.25) is 0 Å². The second-order valence-corrected chi connectivity index (χ2v) is 4.09. The molecule has 0 saturated heterocycles. The maximum atomic E-state index is 13.3. The standard InChI is InChI=1S/C12H11F4N3/c13-11-2-8(4-17)1-9(3-11)10-5-18-19(6-10)7-12(14,15)16/h1-3,5-6H,4,7,17H2. The molecule has 0 saturated carbocycles. The first-order valence-electron chi connectivity index (χ1n) is 5.46. The lowest BCUT2D eigenvalue weighted by molar-refractivity contribution is -0.142. The SMILES string of the molecule is NCc1cc(F)cc(-c2cnn(CC(F)(F)F)c2)c1. The molecule has 0 atom stereocenters. The second-order valence-electron chi connectivity index (χ2n) is 4.09. The number of nitrogens with zero attached hydrogens (tertiary/aromatic N) is 2. The summed E-state index contributed by atoms with van der Waals surface area (Å²) in [4.78, 5) is 0. The summed E-state index contributed by atoms with van der Waals surface area (Å²) in [6.07, 6.45) is -1.85. The van der Waals surface area contributed by atoms with E-state index in [1.54, 1.807) is 6.07 Å². The Bertz CT molecular complexity index is 575. The fourth-order valence-electron chi connectivity index (χ4n) is 1.72. The van der Waals surface area contributed by atoms with Crippen LogP contribution in [-0.2, 0) is 13.1 Å². The van der Waals surface area contributed by atoms with E-state index in [2.05, 4.69) is 5.10 Å². The van der Waals surface area contributed by atoms with Gasteiger partial charge in [-0.1, -0.05) is 0 Å². The van der Waals surface area contributed by atoms with E-state index in [0.717, 1.165) is 4.68 Å². The average Bonchev–Trinajstić information content (AvgIpc) is 2.74. The third kappa shape index (κ3) is 3.54. The van der Waals surface area contributed by atoms with Gasteiger partial charge in [-0.25, -0.2) is 4.39 Å². The maximum Gasteiger partial charge on any atom is 0.408 e. The number of aromatic nitrogens is 2. The van der Waals surface area contributed by atoms with Gasteiger partial charge in [0.15, 0.2) is 0 Å². The van der Waals surface area contributed by atoms with Crippen LogP contribution in [0.5, 0.6) is 0 Å². The van der Waals surface area contributed by atoms with Gasteiger partial charge in [0.25, 0.3) is 0 Å². The summed E-state index contributed by atoms with van der Waals surface area (Å²) in [6.45, 7) is -1.02. The minimum atomic E-state index is -4.34. The number of benzene rings is 1. The van der Waals surface area contributed by atoms with Crippen molar-refractivity contribution in [1.29, 1.82) is 0 Å². The molecule has 2 rings (SSSR count). The fraction of sp³-hybridized carbons (Fsp3) is 0.250. The first-order chi connectivity index (χ1) is 8.87. The number of alkyl halides is 3. The Balaban J connectivity index is 2.30. The third-order valence-electron chi connectivity index (χ3n) is 2.50. The number of rotatable bonds is 3. The van der Waals surface area contributed by atoms with E-state index >= 15 is 0 Å². The zero-order valence-electron chi connectivity index (χ0n) is 9.78. The summed E-state index contributed by atoms with van der Waals surface area (Å²) in [5.41, 5.74) is 6.85. The molecular weight excluding hydrogens is 262 g/mol. The van der Waals surface area contributed by atoms with E-state index in [4.69, 9.17) is 5.73 Å². The van der Waals surface area contributed by atoms with Crippen LogP contribution < -0.4 is 5.73 Å². The summed E-state index contributed by atoms with van der Waals surface area (Å²) >= 11 is 0. The molecule has 0 aliphatic rings. The van der Waals surface area contributed by atoms with Gasteiger partial charge in [-0.3, -0.25) is 4.68 Å². The van der Waals surface area contributed by atoms with Crippen LogP contribution in [-0.4, -0.2) is 16.0 Å². The van der Waals surface area contributed by atoms with E-state index in [9.17, 15) is 17.6 Å². The van der Waals surface area contributed by atoms with Gasteiger partial charge in [0.05, 0.1) is 6.20 Å². The van der Waals surface area contributed by atoms with Gasteiger partial charge < -0.3 is 5.73 Å². The lowest BCUT2D eigenvalue weighted by atomic mass is 10.1. The lowest BCUT2D eigenvalue weighted by Crippen LogP contribution is -2.17. The van der Waals surface area contributed by atoms with E-state index in [1.165, 1.54) is 24.5 Å². The van der Waals surface area contributed by atoms with Crippen LogP contribution in [0, 0.1) is 5.82 Å². The molecule has 0 bridgehead atoms. The van der Waals surface area contributed by atoms with Crippen LogP contribution in [0.1, 0.15) is 5.56 Å². The molecule has 1 heterocycles. The van der Waals surface area contributed by atoms with E-state index in [0.29, 0.717) is 16.7 Å². The van der Waals surface area contributed by atoms with Crippen molar-refractivity contribution in [3.63, 3.8) is 0 Å². The first-order valence-corrected chi connectivity index (χ1v) is 5.46. The average molecular weight is 273 g/mol. The predicted octanol–water partition coefficient (Wildman–Crippen LogP) is 2.71. The Kier molecular flexibility index (Phi) is 3.57. The molecule has 2 N–H and O–H groups in total. The topological polar surface area (TPSA) is 43.8 Å². The molecule has 0 radical (unpaired) electrons. The minimum Gasteiger partial charge on any atom is -0.326 e. The smallest absolute Gasteiger partial charge is 0.326 e. The van der Waals surface area contributed by atoms with Crippen molar-refractivity contribution in [1.82, 2.24) is 9.78 Å². The van der Waals surface area contributed by atoms with Crippen LogP contribution in [0.15, 0.2) is 30.6 Å². The van der Waals surface area contributed by atoms with Gasteiger partial charge in [-0.15, -0.1) is 0 Å². The van der Waals surface area contributed by atoms with Gasteiger partial charge in [0.2, 0.25) is 0 Å². The number of hydrogen-bond acceptors (Lipinski definition) is 2. The highest BCUT2D eigenvalue weighted by Crippen LogP contribution is 2.23. The quantitative estimate of drug-likeness (QED) is 0.874. The molecular formula is C12H11F4N3. The summed E-state index contributed by atoms with van der Waals surface area (Å²) in [7, 11) is 0. The summed E-state index contributed by atoms with van der Waals surface area (Å²) < 4.78 is 50.7. The normalized spacial score (nSPS) is 11.8. The molecule has 1 aromatic heterocycles. The Labute approximate surface area is 106 Å². The Morgan fingerprint density at radius 2 is 1.89 bits per heavy atom. The van der Waals surface area contributed by atoms with Crippen LogP contribution in [0.4, 0.5) is 17.6 Å². The molecule has 0 aliphatic carbocycles. The molecule has 0 aliphatic heterocycles. The Morgan fingerprint density at radius 1 is 1.16 bits per heavy atom. The maximum absolute atomic E-state index is 13.3. The minimum absolute atomic E-state index is 0.154. The molecule has 7 heteroatoms. The molecule has 0 unspecified atom stereocenters. The van der Waals surface area contributed by atoms with Gasteiger partial charge in [-0.05, 0) is 29.3 Å². The van der Waals surface area contributed by atoms with Crippen molar-refractivity contribution >= 4 is 0 Å². The third-order valence-corrected chi connectivity index (χ3v) is 2.50. The van der Waals surface area contributed by atoms with Gasteiger partial charge in [0, 0.05) is 18.3 Å². The van der Waals surface area contributed by atoms with Crippen molar-refractivity contribution in [3.8, 4) is 11.1 Å². The lowest BCUT2D eigenvalue weighted by Gasteiger charge is -2.05. The largest absolute Gasteiger partial charge is 0.408 e. The molecule has 19 heavy (non-hydrogen) atoms. The molecule has 0 fully saturated rings. The number of hydrogen-bond donors (Lipinski definition) is 1. The monoisotopic (exact) mass is 273 g/mol. The predicted molar refractivity (Wildman–Crippen MR) is 61.6 cm³/mol. The van der Waals surface area contributed by atoms with Crippen LogP contribution >= 0.6 is 0 Å². The summed E-state index contributed by atoms with van der Waals surface area (Å²) in [6, 6.07) is 4.13. The summed E-state index contributed by atoms with van der Waals surface area (Å²) in [5, 5.41) is 3.61. The van der Waals surface area contributed by atoms with Crippen molar-refractivity contribution in [3.05, 3.63) is 42.0 Å². The molecule has 2 aromatic rings. The van der Waals surface area contributed by atoms with Gasteiger partial charge in [-0.2, -0.15) is 18.3 Å². The molecule has 102 valence electrons. The molecule has 1 aromatic carbocycles. The fourth-order valence-corrected chi connectivity index (χ4v) is 1.72. The second kappa shape index (κ2) is 5.00. The highest BCUT2D eigenvalue weighted by atomic mass is 19.4. The van der Waals surface area contributed by atoms with Crippen LogP contribution in [0.3, 0.4) is 0 Å². The zero-order chi connectivity index (χ0) is 14.0. The molecule has 3 nitrogen and oxygen atoms in total. The zero-order valence-corrected chi connectivity index (χ0v) is 9.78. The number of halogens is 4. The highest BCUT2D eigenvalue weighted by molar-refractivity contribution is 5.62. The van der Waals surface area contributed by atoms with Crippen LogP contribution in [0.25, 0.3) is 11.1 Å². The van der Waals surface area contributed by atoms with E-state index in [1.807, 2.05) is 0 Å². The number of nitrogens with two attached hydrogens (primary N) is 1.